The van der Waals surface area contributed by atoms with Crippen LogP contribution >= 0.6 is 0 Å². The highest BCUT2D eigenvalue weighted by Crippen LogP contribution is 2.22. The molecule has 1 amide bonds. The van der Waals surface area contributed by atoms with Gasteiger partial charge in [-0.05, 0) is 6.42 Å². The minimum atomic E-state index is -0.447. The molecule has 1 fully saturated rings. The minimum absolute atomic E-state index is 0.185. The number of aromatic nitrogens is 2. The molecule has 0 aromatic carbocycles. The molecule has 21 heavy (non-hydrogen) atoms. The van der Waals surface area contributed by atoms with E-state index in [4.69, 9.17) is 15.2 Å². The SMILES string of the molecule is Cn1nc(C(N)=O)c2c1CCN(CCC1COCCO1)C2. The number of nitrogens with zero attached hydrogens (tertiary/aromatic N) is 3. The summed E-state index contributed by atoms with van der Waals surface area (Å²) in [6.45, 7) is 4.69. The Morgan fingerprint density at radius 2 is 2.33 bits per heavy atom. The summed E-state index contributed by atoms with van der Waals surface area (Å²) in [5.74, 6) is -0.447. The number of aryl methyl sites for hydroxylation is 1. The molecule has 7 heteroatoms. The van der Waals surface area contributed by atoms with E-state index in [1.165, 1.54) is 0 Å². The predicted octanol–water partition coefficient (Wildman–Crippen LogP) is -0.317. The van der Waals surface area contributed by atoms with Gasteiger partial charge in [0.25, 0.3) is 5.91 Å². The molecule has 2 aliphatic heterocycles. The van der Waals surface area contributed by atoms with Gasteiger partial charge in [0.2, 0.25) is 0 Å². The molecular weight excluding hydrogens is 272 g/mol. The van der Waals surface area contributed by atoms with E-state index in [1.807, 2.05) is 7.05 Å². The van der Waals surface area contributed by atoms with Gasteiger partial charge < -0.3 is 15.2 Å². The molecule has 3 heterocycles. The molecule has 0 aliphatic carbocycles. The quantitative estimate of drug-likeness (QED) is 0.823. The molecule has 1 aromatic rings. The zero-order chi connectivity index (χ0) is 14.8. The van der Waals surface area contributed by atoms with Crippen molar-refractivity contribution in [3.63, 3.8) is 0 Å². The zero-order valence-corrected chi connectivity index (χ0v) is 12.4. The van der Waals surface area contributed by atoms with Crippen LogP contribution in [0.25, 0.3) is 0 Å². The van der Waals surface area contributed by atoms with Crippen molar-refractivity contribution in [2.24, 2.45) is 12.8 Å². The number of hydrogen-bond donors (Lipinski definition) is 1. The second kappa shape index (κ2) is 6.13. The van der Waals surface area contributed by atoms with Crippen LogP contribution in [0, 0.1) is 0 Å². The highest BCUT2D eigenvalue weighted by atomic mass is 16.6. The summed E-state index contributed by atoms with van der Waals surface area (Å²) in [6, 6.07) is 0. The van der Waals surface area contributed by atoms with Crippen LogP contribution in [0.4, 0.5) is 0 Å². The van der Waals surface area contributed by atoms with Crippen LogP contribution in [0.15, 0.2) is 0 Å². The molecule has 0 radical (unpaired) electrons. The summed E-state index contributed by atoms with van der Waals surface area (Å²) in [5, 5.41) is 4.25. The fourth-order valence-corrected chi connectivity index (χ4v) is 3.07. The van der Waals surface area contributed by atoms with E-state index in [-0.39, 0.29) is 6.10 Å². The van der Waals surface area contributed by atoms with Crippen molar-refractivity contribution in [2.45, 2.75) is 25.5 Å². The number of amides is 1. The van der Waals surface area contributed by atoms with Gasteiger partial charge in [0.05, 0.1) is 25.9 Å². The lowest BCUT2D eigenvalue weighted by atomic mass is 10.0. The predicted molar refractivity (Wildman–Crippen MR) is 75.9 cm³/mol. The Labute approximate surface area is 124 Å². The maximum atomic E-state index is 11.5. The Balaban J connectivity index is 1.62. The normalized spacial score (nSPS) is 23.0. The van der Waals surface area contributed by atoms with E-state index in [2.05, 4.69) is 10.00 Å². The van der Waals surface area contributed by atoms with Gasteiger partial charge in [-0.15, -0.1) is 0 Å². The molecule has 2 aliphatic rings. The minimum Gasteiger partial charge on any atom is -0.376 e. The molecule has 116 valence electrons. The molecule has 1 atom stereocenters. The van der Waals surface area contributed by atoms with Crippen molar-refractivity contribution < 1.29 is 14.3 Å². The van der Waals surface area contributed by atoms with Gasteiger partial charge in [-0.2, -0.15) is 5.10 Å². The van der Waals surface area contributed by atoms with Crippen LogP contribution in [0.2, 0.25) is 0 Å². The Morgan fingerprint density at radius 1 is 1.48 bits per heavy atom. The number of rotatable bonds is 4. The molecule has 0 spiro atoms. The lowest BCUT2D eigenvalue weighted by Crippen LogP contribution is -2.36. The Kier molecular flexibility index (Phi) is 4.23. The van der Waals surface area contributed by atoms with Gasteiger partial charge in [-0.1, -0.05) is 0 Å². The summed E-state index contributed by atoms with van der Waals surface area (Å²) < 4.78 is 12.9. The van der Waals surface area contributed by atoms with Crippen molar-refractivity contribution in [1.82, 2.24) is 14.7 Å². The van der Waals surface area contributed by atoms with Gasteiger partial charge in [0.15, 0.2) is 5.69 Å². The summed E-state index contributed by atoms with van der Waals surface area (Å²) in [7, 11) is 1.87. The zero-order valence-electron chi connectivity index (χ0n) is 12.4. The average molecular weight is 294 g/mol. The number of ether oxygens (including phenoxy) is 2. The fraction of sp³-hybridized carbons (Fsp3) is 0.714. The molecule has 1 unspecified atom stereocenters. The van der Waals surface area contributed by atoms with Crippen LogP contribution in [0.5, 0.6) is 0 Å². The summed E-state index contributed by atoms with van der Waals surface area (Å²) >= 11 is 0. The summed E-state index contributed by atoms with van der Waals surface area (Å²) in [4.78, 5) is 13.8. The first-order valence-corrected chi connectivity index (χ1v) is 7.41. The van der Waals surface area contributed by atoms with Crippen LogP contribution in [0.1, 0.15) is 28.2 Å². The summed E-state index contributed by atoms with van der Waals surface area (Å²) in [5.41, 5.74) is 7.94. The molecule has 0 saturated carbocycles. The molecular formula is C14H22N4O3. The highest BCUT2D eigenvalue weighted by Gasteiger charge is 2.26. The number of fused-ring (bicyclic) bond motifs is 1. The first-order chi connectivity index (χ1) is 10.1. The number of nitrogens with two attached hydrogens (primary N) is 1. The molecule has 1 aromatic heterocycles. The number of carbonyl (C=O) groups is 1. The highest BCUT2D eigenvalue weighted by molar-refractivity contribution is 5.92. The molecule has 1 saturated heterocycles. The lowest BCUT2D eigenvalue weighted by molar-refractivity contribution is -0.0929. The van der Waals surface area contributed by atoms with Crippen LogP contribution in [-0.4, -0.2) is 59.6 Å². The van der Waals surface area contributed by atoms with Gasteiger partial charge in [0, 0.05) is 44.4 Å². The largest absolute Gasteiger partial charge is 0.376 e. The van der Waals surface area contributed by atoms with E-state index in [1.54, 1.807) is 4.68 Å². The third-order valence-electron chi connectivity index (χ3n) is 4.21. The van der Waals surface area contributed by atoms with E-state index in [0.717, 1.165) is 43.7 Å². The van der Waals surface area contributed by atoms with Crippen LogP contribution in [0.3, 0.4) is 0 Å². The van der Waals surface area contributed by atoms with Crippen LogP contribution < -0.4 is 5.73 Å². The molecule has 3 rings (SSSR count). The van der Waals surface area contributed by atoms with Gasteiger partial charge in [-0.3, -0.25) is 14.4 Å². The third kappa shape index (κ3) is 3.09. The Hall–Kier alpha value is -1.44. The van der Waals surface area contributed by atoms with Crippen molar-refractivity contribution in [3.05, 3.63) is 17.0 Å². The van der Waals surface area contributed by atoms with Crippen molar-refractivity contribution in [3.8, 4) is 0 Å². The second-order valence-corrected chi connectivity index (χ2v) is 5.64. The summed E-state index contributed by atoms with van der Waals surface area (Å²) in [6.07, 6.45) is 2.03. The van der Waals surface area contributed by atoms with Crippen molar-refractivity contribution in [2.75, 3.05) is 32.9 Å². The van der Waals surface area contributed by atoms with E-state index in [9.17, 15) is 4.79 Å². The fourth-order valence-electron chi connectivity index (χ4n) is 3.07. The Bertz CT molecular complexity index is 523. The smallest absolute Gasteiger partial charge is 0.269 e. The van der Waals surface area contributed by atoms with Gasteiger partial charge in [-0.25, -0.2) is 0 Å². The van der Waals surface area contributed by atoms with E-state index < -0.39 is 5.91 Å². The number of carbonyl (C=O) groups excluding carboxylic acids is 1. The number of primary amides is 1. The topological polar surface area (TPSA) is 82.6 Å². The van der Waals surface area contributed by atoms with E-state index in [0.29, 0.717) is 25.5 Å². The monoisotopic (exact) mass is 294 g/mol. The second-order valence-electron chi connectivity index (χ2n) is 5.64. The van der Waals surface area contributed by atoms with Crippen molar-refractivity contribution >= 4 is 5.91 Å². The first-order valence-electron chi connectivity index (χ1n) is 7.41. The average Bonchev–Trinajstić information content (AvgIpc) is 2.83. The third-order valence-corrected chi connectivity index (χ3v) is 4.21. The van der Waals surface area contributed by atoms with Gasteiger partial charge in [0.1, 0.15) is 0 Å². The lowest BCUT2D eigenvalue weighted by Gasteiger charge is -2.30. The van der Waals surface area contributed by atoms with Gasteiger partial charge >= 0.3 is 0 Å². The van der Waals surface area contributed by atoms with E-state index >= 15 is 0 Å². The maximum absolute atomic E-state index is 11.5. The molecule has 2 N–H and O–H groups in total. The molecule has 7 nitrogen and oxygen atoms in total. The number of hydrogen-bond acceptors (Lipinski definition) is 5. The molecule has 0 bridgehead atoms. The Morgan fingerprint density at radius 3 is 3.05 bits per heavy atom. The first kappa shape index (κ1) is 14.5. The standard InChI is InChI=1S/C14H22N4O3/c1-17-12-3-5-18(4-2-10-9-20-6-7-21-10)8-11(12)13(16-17)14(15)19/h10H,2-9H2,1H3,(H2,15,19). The van der Waals surface area contributed by atoms with Crippen molar-refractivity contribution in [1.29, 1.82) is 0 Å². The maximum Gasteiger partial charge on any atom is 0.269 e. The van der Waals surface area contributed by atoms with Crippen LogP contribution in [-0.2, 0) is 29.5 Å².